The van der Waals surface area contributed by atoms with Gasteiger partial charge in [-0.2, -0.15) is 0 Å². The number of ether oxygens (including phenoxy) is 2. The van der Waals surface area contributed by atoms with Gasteiger partial charge in [0.05, 0.1) is 26.2 Å². The lowest BCUT2D eigenvalue weighted by Gasteiger charge is -2.33. The van der Waals surface area contributed by atoms with E-state index in [9.17, 15) is 18.0 Å². The van der Waals surface area contributed by atoms with Crippen LogP contribution in [0.25, 0.3) is 0 Å². The molecule has 2 aromatic rings. The van der Waals surface area contributed by atoms with Crippen molar-refractivity contribution in [3.8, 4) is 11.5 Å². The maximum absolute atomic E-state index is 13.9. The molecule has 0 aromatic heterocycles. The molecule has 9 nitrogen and oxygen atoms in total. The third kappa shape index (κ3) is 7.54. The molecule has 208 valence electrons. The number of sulfonamides is 1. The van der Waals surface area contributed by atoms with Crippen molar-refractivity contribution >= 4 is 39.1 Å². The van der Waals surface area contributed by atoms with E-state index in [4.69, 9.17) is 21.1 Å². The lowest BCUT2D eigenvalue weighted by molar-refractivity contribution is -0.140. The molecule has 1 atom stereocenters. The monoisotopic (exact) mass is 565 g/mol. The van der Waals surface area contributed by atoms with Crippen molar-refractivity contribution in [3.63, 3.8) is 0 Å². The normalized spacial score (nSPS) is 14.6. The number of halogens is 1. The van der Waals surface area contributed by atoms with E-state index in [0.717, 1.165) is 41.8 Å². The minimum absolute atomic E-state index is 0.0834. The quantitative estimate of drug-likeness (QED) is 0.417. The molecule has 0 spiro atoms. The van der Waals surface area contributed by atoms with E-state index in [1.54, 1.807) is 36.4 Å². The Hall–Kier alpha value is -2.98. The Morgan fingerprint density at radius 2 is 1.74 bits per heavy atom. The first kappa shape index (κ1) is 29.6. The topological polar surface area (TPSA) is 105 Å². The van der Waals surface area contributed by atoms with Gasteiger partial charge in [0.15, 0.2) is 0 Å². The average Bonchev–Trinajstić information content (AvgIpc) is 3.40. The first-order chi connectivity index (χ1) is 18.1. The van der Waals surface area contributed by atoms with Crippen LogP contribution >= 0.6 is 11.6 Å². The van der Waals surface area contributed by atoms with Crippen LogP contribution in [-0.2, 0) is 26.2 Å². The second-order valence-electron chi connectivity index (χ2n) is 9.37. The van der Waals surface area contributed by atoms with Gasteiger partial charge in [-0.3, -0.25) is 13.9 Å². The number of amides is 2. The Bertz CT molecular complexity index is 1220. The average molecular weight is 566 g/mol. The maximum atomic E-state index is 13.9. The first-order valence-corrected chi connectivity index (χ1v) is 14.8. The minimum atomic E-state index is -3.90. The summed E-state index contributed by atoms with van der Waals surface area (Å²) < 4.78 is 37.4. The first-order valence-electron chi connectivity index (χ1n) is 12.6. The SMILES string of the molecule is CC[C@H](C(=O)NC1CCCC1)N(Cc1ccc(Cl)cc1)C(=O)CN(c1ccc(OC)cc1OC)S(C)(=O)=O. The van der Waals surface area contributed by atoms with Gasteiger partial charge in [-0.15, -0.1) is 0 Å². The van der Waals surface area contributed by atoms with Crippen molar-refractivity contribution in [2.45, 2.75) is 57.7 Å². The molecule has 0 aliphatic heterocycles. The minimum Gasteiger partial charge on any atom is -0.497 e. The van der Waals surface area contributed by atoms with Crippen LogP contribution in [0.2, 0.25) is 5.02 Å². The summed E-state index contributed by atoms with van der Waals surface area (Å²) in [7, 11) is -1.00. The van der Waals surface area contributed by atoms with Crippen LogP contribution in [-0.4, -0.2) is 64.2 Å². The summed E-state index contributed by atoms with van der Waals surface area (Å²) in [5.74, 6) is -0.0477. The number of carbonyl (C=O) groups excluding carboxylic acids is 2. The highest BCUT2D eigenvalue weighted by Crippen LogP contribution is 2.34. The third-order valence-corrected chi connectivity index (χ3v) is 8.07. The van der Waals surface area contributed by atoms with Crippen molar-refractivity contribution in [2.24, 2.45) is 0 Å². The molecule has 0 bridgehead atoms. The molecule has 1 fully saturated rings. The number of benzene rings is 2. The zero-order valence-corrected chi connectivity index (χ0v) is 23.8. The fraction of sp³-hybridized carbons (Fsp3) is 0.481. The molecule has 2 amide bonds. The van der Waals surface area contributed by atoms with Crippen molar-refractivity contribution in [2.75, 3.05) is 31.3 Å². The fourth-order valence-corrected chi connectivity index (χ4v) is 5.64. The summed E-state index contributed by atoms with van der Waals surface area (Å²) in [4.78, 5) is 28.7. The van der Waals surface area contributed by atoms with Gasteiger partial charge in [0.1, 0.15) is 24.1 Å². The zero-order valence-electron chi connectivity index (χ0n) is 22.3. The van der Waals surface area contributed by atoms with E-state index < -0.39 is 28.5 Å². The smallest absolute Gasteiger partial charge is 0.244 e. The zero-order chi connectivity index (χ0) is 27.9. The molecule has 38 heavy (non-hydrogen) atoms. The van der Waals surface area contributed by atoms with Crippen molar-refractivity contribution in [3.05, 3.63) is 53.1 Å². The summed E-state index contributed by atoms with van der Waals surface area (Å²) in [6.07, 6.45) is 5.32. The number of methoxy groups -OCH3 is 2. The van der Waals surface area contributed by atoms with Gasteiger partial charge in [0.25, 0.3) is 0 Å². The van der Waals surface area contributed by atoms with Crippen molar-refractivity contribution in [1.29, 1.82) is 0 Å². The summed E-state index contributed by atoms with van der Waals surface area (Å²) in [6, 6.07) is 11.0. The van der Waals surface area contributed by atoms with Crippen LogP contribution in [0.4, 0.5) is 5.69 Å². The maximum Gasteiger partial charge on any atom is 0.244 e. The number of carbonyl (C=O) groups is 2. The molecule has 11 heteroatoms. The Kier molecular flexibility index (Phi) is 10.3. The van der Waals surface area contributed by atoms with E-state index in [2.05, 4.69) is 5.32 Å². The van der Waals surface area contributed by atoms with Crippen LogP contribution in [0.1, 0.15) is 44.6 Å². The predicted octanol–water partition coefficient (Wildman–Crippen LogP) is 3.99. The number of nitrogens with one attached hydrogen (secondary N) is 1. The van der Waals surface area contributed by atoms with Gasteiger partial charge in [-0.25, -0.2) is 8.42 Å². The van der Waals surface area contributed by atoms with E-state index >= 15 is 0 Å². The molecular weight excluding hydrogens is 530 g/mol. The van der Waals surface area contributed by atoms with E-state index in [0.29, 0.717) is 17.2 Å². The van der Waals surface area contributed by atoms with Crippen molar-refractivity contribution in [1.82, 2.24) is 10.2 Å². The Morgan fingerprint density at radius 3 is 2.29 bits per heavy atom. The highest BCUT2D eigenvalue weighted by molar-refractivity contribution is 7.92. The molecule has 1 N–H and O–H groups in total. The lowest BCUT2D eigenvalue weighted by Crippen LogP contribution is -2.53. The highest BCUT2D eigenvalue weighted by Gasteiger charge is 2.33. The molecular formula is C27H36ClN3O6S. The number of anilines is 1. The van der Waals surface area contributed by atoms with Crippen LogP contribution in [0.15, 0.2) is 42.5 Å². The van der Waals surface area contributed by atoms with Gasteiger partial charge in [0, 0.05) is 23.7 Å². The summed E-state index contributed by atoms with van der Waals surface area (Å²) in [5.41, 5.74) is 0.960. The van der Waals surface area contributed by atoms with Crippen LogP contribution in [0, 0.1) is 0 Å². The van der Waals surface area contributed by atoms with Gasteiger partial charge < -0.3 is 19.7 Å². The van der Waals surface area contributed by atoms with Crippen LogP contribution in [0.5, 0.6) is 11.5 Å². The standard InChI is InChI=1S/C27H36ClN3O6S/c1-5-23(27(33)29-21-8-6-7-9-21)30(17-19-10-12-20(28)13-11-19)26(32)18-31(38(4,34)35)24-15-14-22(36-2)16-25(24)37-3/h10-16,21,23H,5-9,17-18H2,1-4H3,(H,29,33)/t23-/m1/s1. The van der Waals surface area contributed by atoms with Crippen LogP contribution < -0.4 is 19.1 Å². The summed E-state index contributed by atoms with van der Waals surface area (Å²) in [5, 5.41) is 3.64. The summed E-state index contributed by atoms with van der Waals surface area (Å²) >= 11 is 6.04. The Labute approximate surface area is 230 Å². The molecule has 0 heterocycles. The van der Waals surface area contributed by atoms with E-state index in [-0.39, 0.29) is 29.9 Å². The molecule has 1 saturated carbocycles. The largest absolute Gasteiger partial charge is 0.497 e. The predicted molar refractivity (Wildman–Crippen MR) is 148 cm³/mol. The number of hydrogen-bond acceptors (Lipinski definition) is 6. The van der Waals surface area contributed by atoms with Crippen LogP contribution in [0.3, 0.4) is 0 Å². The van der Waals surface area contributed by atoms with Gasteiger partial charge in [-0.05, 0) is 49.1 Å². The molecule has 0 radical (unpaired) electrons. The Balaban J connectivity index is 1.96. The molecule has 0 saturated heterocycles. The summed E-state index contributed by atoms with van der Waals surface area (Å²) in [6.45, 7) is 1.44. The molecule has 1 aliphatic rings. The highest BCUT2D eigenvalue weighted by atomic mass is 35.5. The Morgan fingerprint density at radius 1 is 1.08 bits per heavy atom. The molecule has 2 aromatic carbocycles. The molecule has 1 aliphatic carbocycles. The van der Waals surface area contributed by atoms with E-state index in [1.807, 2.05) is 6.92 Å². The van der Waals surface area contributed by atoms with Gasteiger partial charge in [-0.1, -0.05) is 43.5 Å². The number of rotatable bonds is 12. The van der Waals surface area contributed by atoms with Gasteiger partial charge >= 0.3 is 0 Å². The molecule has 0 unspecified atom stereocenters. The lowest BCUT2D eigenvalue weighted by atomic mass is 10.1. The number of nitrogens with zero attached hydrogens (tertiary/aromatic N) is 2. The second-order valence-corrected chi connectivity index (χ2v) is 11.7. The van der Waals surface area contributed by atoms with Crippen molar-refractivity contribution < 1.29 is 27.5 Å². The molecule has 3 rings (SSSR count). The van der Waals surface area contributed by atoms with E-state index in [1.165, 1.54) is 25.2 Å². The fourth-order valence-electron chi connectivity index (χ4n) is 4.66. The second kappa shape index (κ2) is 13.2. The van der Waals surface area contributed by atoms with Gasteiger partial charge in [0.2, 0.25) is 21.8 Å². The third-order valence-electron chi connectivity index (χ3n) is 6.69. The number of hydrogen-bond donors (Lipinski definition) is 1.